The van der Waals surface area contributed by atoms with Crippen LogP contribution in [0.5, 0.6) is 5.88 Å². The number of alkyl halides is 2. The second-order valence-corrected chi connectivity index (χ2v) is 4.25. The Kier molecular flexibility index (Phi) is 2.58. The molecule has 0 aliphatic heterocycles. The Bertz CT molecular complexity index is 387. The fourth-order valence-corrected chi connectivity index (χ4v) is 2.34. The molecular formula is C11H14F2N2O. The largest absolute Gasteiger partial charge is 0.481 e. The van der Waals surface area contributed by atoms with E-state index in [1.165, 1.54) is 7.11 Å². The van der Waals surface area contributed by atoms with Crippen molar-refractivity contribution in [2.75, 3.05) is 13.7 Å². The lowest BCUT2D eigenvalue weighted by Crippen LogP contribution is -2.53. The molecule has 1 fully saturated rings. The van der Waals surface area contributed by atoms with E-state index < -0.39 is 11.3 Å². The molecule has 5 heteroatoms. The first-order valence-corrected chi connectivity index (χ1v) is 5.10. The SMILES string of the molecule is COc1ncccc1C1(CN)CC(F)(F)C1. The minimum atomic E-state index is -2.61. The fourth-order valence-electron chi connectivity index (χ4n) is 2.34. The number of ether oxygens (including phenoxy) is 1. The van der Waals surface area contributed by atoms with Gasteiger partial charge in [-0.15, -0.1) is 0 Å². The highest BCUT2D eigenvalue weighted by molar-refractivity contribution is 5.38. The maximum Gasteiger partial charge on any atom is 0.250 e. The summed E-state index contributed by atoms with van der Waals surface area (Å²) in [4.78, 5) is 4.02. The van der Waals surface area contributed by atoms with Crippen molar-refractivity contribution >= 4 is 0 Å². The van der Waals surface area contributed by atoms with E-state index in [4.69, 9.17) is 10.5 Å². The summed E-state index contributed by atoms with van der Waals surface area (Å²) in [5.74, 6) is -2.22. The summed E-state index contributed by atoms with van der Waals surface area (Å²) in [5, 5.41) is 0. The quantitative estimate of drug-likeness (QED) is 0.856. The highest BCUT2D eigenvalue weighted by atomic mass is 19.3. The van der Waals surface area contributed by atoms with Crippen LogP contribution in [-0.4, -0.2) is 24.6 Å². The summed E-state index contributed by atoms with van der Waals surface area (Å²) < 4.78 is 31.1. The molecule has 0 amide bonds. The average molecular weight is 228 g/mol. The third kappa shape index (κ3) is 1.65. The van der Waals surface area contributed by atoms with Crippen molar-refractivity contribution < 1.29 is 13.5 Å². The van der Waals surface area contributed by atoms with Gasteiger partial charge in [0, 0.05) is 36.6 Å². The lowest BCUT2D eigenvalue weighted by Gasteiger charge is -2.47. The van der Waals surface area contributed by atoms with Crippen molar-refractivity contribution in [2.24, 2.45) is 5.73 Å². The second-order valence-electron chi connectivity index (χ2n) is 4.25. The van der Waals surface area contributed by atoms with Crippen LogP contribution in [0, 0.1) is 0 Å². The molecule has 0 bridgehead atoms. The summed E-state index contributed by atoms with van der Waals surface area (Å²) in [6.45, 7) is 0.185. The zero-order valence-electron chi connectivity index (χ0n) is 9.04. The minimum absolute atomic E-state index is 0.185. The predicted molar refractivity (Wildman–Crippen MR) is 55.7 cm³/mol. The number of methoxy groups -OCH3 is 1. The highest BCUT2D eigenvalue weighted by Crippen LogP contribution is 2.54. The number of nitrogens with two attached hydrogens (primary N) is 1. The molecular weight excluding hydrogens is 214 g/mol. The fraction of sp³-hybridized carbons (Fsp3) is 0.545. The topological polar surface area (TPSA) is 48.1 Å². The first-order valence-electron chi connectivity index (χ1n) is 5.10. The molecule has 1 aliphatic rings. The molecule has 1 saturated carbocycles. The number of nitrogens with zero attached hydrogens (tertiary/aromatic N) is 1. The zero-order chi connectivity index (χ0) is 11.8. The smallest absolute Gasteiger partial charge is 0.250 e. The normalized spacial score (nSPS) is 21.2. The van der Waals surface area contributed by atoms with E-state index >= 15 is 0 Å². The summed E-state index contributed by atoms with van der Waals surface area (Å²) in [6.07, 6.45) is 1.13. The van der Waals surface area contributed by atoms with Crippen molar-refractivity contribution in [1.82, 2.24) is 4.98 Å². The summed E-state index contributed by atoms with van der Waals surface area (Å²) in [6, 6.07) is 3.47. The van der Waals surface area contributed by atoms with Gasteiger partial charge in [0.1, 0.15) is 0 Å². The summed E-state index contributed by atoms with van der Waals surface area (Å²) in [5.41, 5.74) is 5.64. The number of aromatic nitrogens is 1. The van der Waals surface area contributed by atoms with Gasteiger partial charge < -0.3 is 10.5 Å². The van der Waals surface area contributed by atoms with Crippen molar-refractivity contribution in [3.8, 4) is 5.88 Å². The van der Waals surface area contributed by atoms with Crippen LogP contribution < -0.4 is 10.5 Å². The monoisotopic (exact) mass is 228 g/mol. The molecule has 0 radical (unpaired) electrons. The van der Waals surface area contributed by atoms with Crippen molar-refractivity contribution in [2.45, 2.75) is 24.2 Å². The molecule has 1 heterocycles. The van der Waals surface area contributed by atoms with Gasteiger partial charge in [0.25, 0.3) is 0 Å². The van der Waals surface area contributed by atoms with Crippen molar-refractivity contribution in [1.29, 1.82) is 0 Å². The Morgan fingerprint density at radius 2 is 2.19 bits per heavy atom. The van der Waals surface area contributed by atoms with Crippen LogP contribution in [0.1, 0.15) is 18.4 Å². The van der Waals surface area contributed by atoms with Crippen LogP contribution in [0.2, 0.25) is 0 Å². The third-order valence-corrected chi connectivity index (χ3v) is 3.12. The van der Waals surface area contributed by atoms with Gasteiger partial charge in [-0.05, 0) is 6.07 Å². The number of rotatable bonds is 3. The Labute approximate surface area is 92.6 Å². The van der Waals surface area contributed by atoms with Crippen molar-refractivity contribution in [3.05, 3.63) is 23.9 Å². The lowest BCUT2D eigenvalue weighted by molar-refractivity contribution is -0.124. The second kappa shape index (κ2) is 3.66. The molecule has 88 valence electrons. The molecule has 0 spiro atoms. The van der Waals surface area contributed by atoms with Gasteiger partial charge in [0.2, 0.25) is 11.8 Å². The first kappa shape index (κ1) is 11.3. The van der Waals surface area contributed by atoms with Crippen molar-refractivity contribution in [3.63, 3.8) is 0 Å². The molecule has 0 unspecified atom stereocenters. The molecule has 2 rings (SSSR count). The van der Waals surface area contributed by atoms with Crippen LogP contribution >= 0.6 is 0 Å². The Hall–Kier alpha value is -1.23. The van der Waals surface area contributed by atoms with Gasteiger partial charge >= 0.3 is 0 Å². The summed E-state index contributed by atoms with van der Waals surface area (Å²) >= 11 is 0. The number of hydrogen-bond donors (Lipinski definition) is 1. The predicted octanol–water partition coefficient (Wildman–Crippen LogP) is 1.72. The molecule has 0 aromatic carbocycles. The van der Waals surface area contributed by atoms with Gasteiger partial charge in [-0.2, -0.15) is 0 Å². The van der Waals surface area contributed by atoms with Gasteiger partial charge in [0.15, 0.2) is 0 Å². The molecule has 16 heavy (non-hydrogen) atoms. The van der Waals surface area contributed by atoms with E-state index in [-0.39, 0.29) is 19.4 Å². The standard InChI is InChI=1S/C11H14F2N2O/c1-16-9-8(3-2-4-15-9)10(7-14)5-11(12,13)6-10/h2-4H,5-7,14H2,1H3. The van der Waals surface area contributed by atoms with Gasteiger partial charge in [-0.3, -0.25) is 0 Å². The third-order valence-electron chi connectivity index (χ3n) is 3.12. The van der Waals surface area contributed by atoms with Gasteiger partial charge in [-0.1, -0.05) is 6.07 Å². The molecule has 0 atom stereocenters. The molecule has 2 N–H and O–H groups in total. The number of pyridine rings is 1. The Morgan fingerprint density at radius 1 is 1.50 bits per heavy atom. The molecule has 1 aromatic rings. The zero-order valence-corrected chi connectivity index (χ0v) is 9.04. The summed E-state index contributed by atoms with van der Waals surface area (Å²) in [7, 11) is 1.48. The molecule has 1 aromatic heterocycles. The van der Waals surface area contributed by atoms with Crippen LogP contribution in [-0.2, 0) is 5.41 Å². The van der Waals surface area contributed by atoms with Crippen LogP contribution in [0.15, 0.2) is 18.3 Å². The van der Waals surface area contributed by atoms with E-state index in [1.807, 2.05) is 0 Å². The first-order chi connectivity index (χ1) is 7.53. The minimum Gasteiger partial charge on any atom is -0.481 e. The van der Waals surface area contributed by atoms with Gasteiger partial charge in [-0.25, -0.2) is 13.8 Å². The molecule has 0 saturated heterocycles. The van der Waals surface area contributed by atoms with Crippen LogP contribution in [0.25, 0.3) is 0 Å². The highest BCUT2D eigenvalue weighted by Gasteiger charge is 2.57. The van der Waals surface area contributed by atoms with E-state index in [0.29, 0.717) is 11.4 Å². The number of halogens is 2. The lowest BCUT2D eigenvalue weighted by atomic mass is 9.62. The average Bonchev–Trinajstić information content (AvgIpc) is 2.25. The van der Waals surface area contributed by atoms with E-state index in [2.05, 4.69) is 4.98 Å². The molecule has 1 aliphatic carbocycles. The maximum atomic E-state index is 13.0. The molecule has 3 nitrogen and oxygen atoms in total. The van der Waals surface area contributed by atoms with Crippen LogP contribution in [0.4, 0.5) is 8.78 Å². The Balaban J connectivity index is 2.35. The van der Waals surface area contributed by atoms with E-state index in [1.54, 1.807) is 18.3 Å². The number of hydrogen-bond acceptors (Lipinski definition) is 3. The van der Waals surface area contributed by atoms with E-state index in [0.717, 1.165) is 0 Å². The Morgan fingerprint density at radius 3 is 2.69 bits per heavy atom. The maximum absolute atomic E-state index is 13.0. The van der Waals surface area contributed by atoms with Crippen LogP contribution in [0.3, 0.4) is 0 Å². The van der Waals surface area contributed by atoms with Gasteiger partial charge in [0.05, 0.1) is 7.11 Å². The van der Waals surface area contributed by atoms with E-state index in [9.17, 15) is 8.78 Å².